The number of allylic oxidation sites excluding steroid dienone is 2. The lowest BCUT2D eigenvalue weighted by atomic mass is 9.85. The van der Waals surface area contributed by atoms with Crippen LogP contribution in [0.25, 0.3) is 0 Å². The largest absolute Gasteiger partial charge is 0.442 e. The van der Waals surface area contributed by atoms with Crippen molar-refractivity contribution < 1.29 is 33.3 Å². The fourth-order valence-electron chi connectivity index (χ4n) is 4.28. The number of carbonyl (C=O) groups is 2. The Kier molecular flexibility index (Phi) is 9.15. The molecule has 196 valence electrons. The van der Waals surface area contributed by atoms with Gasteiger partial charge in [0.1, 0.15) is 6.10 Å². The van der Waals surface area contributed by atoms with E-state index in [-0.39, 0.29) is 35.5 Å². The minimum Gasteiger partial charge on any atom is -0.442 e. The summed E-state index contributed by atoms with van der Waals surface area (Å²) in [5.74, 6) is -0.291. The molecule has 1 N–H and O–H groups in total. The van der Waals surface area contributed by atoms with Gasteiger partial charge in [0.2, 0.25) is 5.91 Å². The summed E-state index contributed by atoms with van der Waals surface area (Å²) in [6.45, 7) is 9.53. The topological polar surface area (TPSA) is 98.9 Å². The number of rotatable bonds is 8. The lowest BCUT2D eigenvalue weighted by Crippen LogP contribution is -2.46. The number of epoxide rings is 1. The van der Waals surface area contributed by atoms with E-state index in [4.69, 9.17) is 23.7 Å². The molecule has 3 aliphatic rings. The number of nitrogens with zero attached hydrogens (tertiary/aromatic N) is 1. The number of carbonyl (C=O) groups excluding carboxylic acids is 2. The van der Waals surface area contributed by atoms with E-state index in [9.17, 15) is 9.59 Å². The predicted octanol–water partition coefficient (Wildman–Crippen LogP) is 3.11. The summed E-state index contributed by atoms with van der Waals surface area (Å²) in [6, 6.07) is -0.239. The van der Waals surface area contributed by atoms with E-state index in [1.165, 1.54) is 17.1 Å². The Hall–Kier alpha value is -2.20. The van der Waals surface area contributed by atoms with Crippen molar-refractivity contribution in [3.05, 3.63) is 36.0 Å². The van der Waals surface area contributed by atoms with E-state index in [2.05, 4.69) is 37.4 Å². The molecule has 0 aromatic heterocycles. The van der Waals surface area contributed by atoms with Crippen LogP contribution in [-0.4, -0.2) is 86.6 Å². The van der Waals surface area contributed by atoms with Crippen molar-refractivity contribution in [2.24, 2.45) is 0 Å². The molecule has 0 aliphatic carbocycles. The molecule has 3 saturated heterocycles. The molecule has 3 heterocycles. The second kappa shape index (κ2) is 11.7. The number of nitrogens with one attached hydrogen (secondary N) is 1. The minimum absolute atomic E-state index is 0.0110. The van der Waals surface area contributed by atoms with Crippen molar-refractivity contribution in [1.29, 1.82) is 0 Å². The Morgan fingerprint density at radius 1 is 1.20 bits per heavy atom. The molecule has 1 spiro atoms. The molecule has 3 fully saturated rings. The van der Waals surface area contributed by atoms with Gasteiger partial charge in [0.25, 0.3) is 0 Å². The molecule has 0 saturated carbocycles. The van der Waals surface area contributed by atoms with Gasteiger partial charge in [-0.15, -0.1) is 0 Å². The van der Waals surface area contributed by atoms with Gasteiger partial charge in [-0.05, 0) is 33.8 Å². The molecule has 3 rings (SSSR count). The maximum atomic E-state index is 12.1. The Morgan fingerprint density at radius 3 is 2.51 bits per heavy atom. The lowest BCUT2D eigenvalue weighted by molar-refractivity contribution is -0.187. The van der Waals surface area contributed by atoms with Gasteiger partial charge in [0.15, 0.2) is 6.29 Å². The molecule has 9 nitrogen and oxygen atoms in total. The first kappa shape index (κ1) is 27.4. The monoisotopic (exact) mass is 492 g/mol. The first-order valence-corrected chi connectivity index (χ1v) is 12.2. The fraction of sp³-hybridized carbons (Fsp3) is 0.692. The predicted molar refractivity (Wildman–Crippen MR) is 131 cm³/mol. The van der Waals surface area contributed by atoms with Crippen LogP contribution in [0.5, 0.6) is 0 Å². The summed E-state index contributed by atoms with van der Waals surface area (Å²) in [5.41, 5.74) is 0.945. The van der Waals surface area contributed by atoms with Crippen LogP contribution in [0.2, 0.25) is 0 Å². The SMILES string of the molecule is CC(/C=C/[C@@H]1CC2(CO2)CC(C)(C)O1)=C\CC1OCC(NC(=O)/C=C\[C@H](C)OC(=O)N(C)C)CO1. The average molecular weight is 493 g/mol. The van der Waals surface area contributed by atoms with Gasteiger partial charge in [-0.2, -0.15) is 0 Å². The van der Waals surface area contributed by atoms with Crippen LogP contribution >= 0.6 is 0 Å². The van der Waals surface area contributed by atoms with E-state index in [0.717, 1.165) is 25.0 Å². The maximum Gasteiger partial charge on any atom is 0.409 e. The van der Waals surface area contributed by atoms with Gasteiger partial charge in [-0.3, -0.25) is 4.79 Å². The van der Waals surface area contributed by atoms with Crippen molar-refractivity contribution in [2.45, 2.75) is 82.7 Å². The number of ether oxygens (including phenoxy) is 5. The van der Waals surface area contributed by atoms with E-state index >= 15 is 0 Å². The molecule has 3 aliphatic heterocycles. The van der Waals surface area contributed by atoms with Crippen molar-refractivity contribution in [1.82, 2.24) is 10.2 Å². The smallest absolute Gasteiger partial charge is 0.409 e. The summed E-state index contributed by atoms with van der Waals surface area (Å²) in [6.07, 6.45) is 10.3. The highest BCUT2D eigenvalue weighted by Crippen LogP contribution is 2.46. The fourth-order valence-corrected chi connectivity index (χ4v) is 4.28. The van der Waals surface area contributed by atoms with Crippen LogP contribution in [0.1, 0.15) is 47.0 Å². The van der Waals surface area contributed by atoms with Crippen molar-refractivity contribution in [3.8, 4) is 0 Å². The third-order valence-electron chi connectivity index (χ3n) is 6.03. The Morgan fingerprint density at radius 2 is 1.89 bits per heavy atom. The van der Waals surface area contributed by atoms with Gasteiger partial charge in [-0.1, -0.05) is 23.8 Å². The van der Waals surface area contributed by atoms with Gasteiger partial charge in [-0.25, -0.2) is 4.79 Å². The zero-order valence-electron chi connectivity index (χ0n) is 21.7. The van der Waals surface area contributed by atoms with Crippen molar-refractivity contribution >= 4 is 12.0 Å². The molecule has 0 bridgehead atoms. The molecule has 9 heteroatoms. The number of amides is 2. The second-order valence-corrected chi connectivity index (χ2v) is 10.5. The Balaban J connectivity index is 1.35. The van der Waals surface area contributed by atoms with Crippen LogP contribution < -0.4 is 5.32 Å². The quantitative estimate of drug-likeness (QED) is 0.316. The van der Waals surface area contributed by atoms with Crippen LogP contribution in [-0.2, 0) is 28.5 Å². The summed E-state index contributed by atoms with van der Waals surface area (Å²) in [7, 11) is 3.20. The summed E-state index contributed by atoms with van der Waals surface area (Å²) in [5, 5.41) is 2.83. The first-order valence-electron chi connectivity index (χ1n) is 12.2. The Labute approximate surface area is 208 Å². The molecule has 0 aromatic carbocycles. The van der Waals surface area contributed by atoms with Gasteiger partial charge in [0.05, 0.1) is 43.2 Å². The third kappa shape index (κ3) is 9.07. The van der Waals surface area contributed by atoms with Crippen LogP contribution in [0.4, 0.5) is 4.79 Å². The van der Waals surface area contributed by atoms with Crippen molar-refractivity contribution in [2.75, 3.05) is 33.9 Å². The lowest BCUT2D eigenvalue weighted by Gasteiger charge is -2.38. The zero-order valence-corrected chi connectivity index (χ0v) is 21.7. The van der Waals surface area contributed by atoms with Gasteiger partial charge in [0, 0.05) is 39.4 Å². The molecule has 3 atom stereocenters. The summed E-state index contributed by atoms with van der Waals surface area (Å²) < 4.78 is 28.5. The van der Waals surface area contributed by atoms with E-state index in [1.807, 2.05) is 6.92 Å². The highest BCUT2D eigenvalue weighted by Gasteiger charge is 2.53. The molecule has 0 radical (unpaired) electrons. The van der Waals surface area contributed by atoms with E-state index in [1.54, 1.807) is 21.0 Å². The number of hydrogen-bond donors (Lipinski definition) is 1. The van der Waals surface area contributed by atoms with Crippen LogP contribution in [0.3, 0.4) is 0 Å². The van der Waals surface area contributed by atoms with Crippen LogP contribution in [0.15, 0.2) is 36.0 Å². The highest BCUT2D eigenvalue weighted by atomic mass is 16.7. The molecular formula is C26H40N2O7. The van der Waals surface area contributed by atoms with E-state index < -0.39 is 12.2 Å². The molecule has 1 unspecified atom stereocenters. The zero-order chi connectivity index (χ0) is 25.6. The standard InChI is InChI=1S/C26H40N2O7/c1-18(7-10-21-13-26(17-33-26)16-25(3,4)35-21)8-12-23-31-14-20(15-32-23)27-22(29)11-9-19(2)34-24(30)28(5)6/h7-11,19-21,23H,12-17H2,1-6H3,(H,27,29)/b10-7+,11-9-,18-8+/t19-,20?,21+,23?,26?/m0/s1. The normalized spacial score (nSPS) is 31.5. The summed E-state index contributed by atoms with van der Waals surface area (Å²) >= 11 is 0. The van der Waals surface area contributed by atoms with Gasteiger partial charge >= 0.3 is 6.09 Å². The van der Waals surface area contributed by atoms with Crippen molar-refractivity contribution in [3.63, 3.8) is 0 Å². The molecule has 2 amide bonds. The number of hydrogen-bond acceptors (Lipinski definition) is 7. The third-order valence-corrected chi connectivity index (χ3v) is 6.03. The Bertz CT molecular complexity index is 831. The molecular weight excluding hydrogens is 452 g/mol. The van der Waals surface area contributed by atoms with Gasteiger partial charge < -0.3 is 33.9 Å². The average Bonchev–Trinajstić information content (AvgIpc) is 3.51. The maximum absolute atomic E-state index is 12.1. The molecule has 35 heavy (non-hydrogen) atoms. The minimum atomic E-state index is -0.512. The highest BCUT2D eigenvalue weighted by molar-refractivity contribution is 5.87. The second-order valence-electron chi connectivity index (χ2n) is 10.5. The molecule has 0 aromatic rings. The van der Waals surface area contributed by atoms with E-state index in [0.29, 0.717) is 19.6 Å². The van der Waals surface area contributed by atoms with Crippen LogP contribution in [0, 0.1) is 0 Å². The first-order chi connectivity index (χ1) is 16.5. The summed E-state index contributed by atoms with van der Waals surface area (Å²) in [4.78, 5) is 25.0.